The van der Waals surface area contributed by atoms with Crippen molar-refractivity contribution < 1.29 is 28.9 Å². The topological polar surface area (TPSA) is 101 Å². The molecule has 5 rings (SSSR count). The molecular formula is C25H27N3O6. The normalized spacial score (nSPS) is 22.2. The van der Waals surface area contributed by atoms with Gasteiger partial charge < -0.3 is 24.2 Å². The third-order valence-corrected chi connectivity index (χ3v) is 6.33. The number of pyridine rings is 1. The Balaban J connectivity index is 1.46. The summed E-state index contributed by atoms with van der Waals surface area (Å²) < 4.78 is 16.6. The fraction of sp³-hybridized carbons (Fsp3) is 0.400. The average Bonchev–Trinajstić information content (AvgIpc) is 3.14. The van der Waals surface area contributed by atoms with Crippen molar-refractivity contribution in [1.29, 1.82) is 0 Å². The lowest BCUT2D eigenvalue weighted by atomic mass is 9.96. The number of morpholine rings is 1. The highest BCUT2D eigenvalue weighted by molar-refractivity contribution is 6.46. The molecule has 9 heteroatoms. The smallest absolute Gasteiger partial charge is 0.295 e. The zero-order chi connectivity index (χ0) is 23.5. The van der Waals surface area contributed by atoms with Crippen LogP contribution in [0.1, 0.15) is 23.6 Å². The molecule has 1 N–H and O–H groups in total. The summed E-state index contributed by atoms with van der Waals surface area (Å²) in [7, 11) is 0. The van der Waals surface area contributed by atoms with Gasteiger partial charge in [-0.25, -0.2) is 0 Å². The van der Waals surface area contributed by atoms with Crippen LogP contribution in [0.2, 0.25) is 0 Å². The van der Waals surface area contributed by atoms with E-state index < -0.39 is 17.7 Å². The number of hydrogen-bond acceptors (Lipinski definition) is 8. The number of Topliss-reactive ketones (excluding diaryl/α,β-unsaturated/α-hetero) is 1. The van der Waals surface area contributed by atoms with Gasteiger partial charge in [-0.2, -0.15) is 0 Å². The van der Waals surface area contributed by atoms with Crippen LogP contribution < -0.4 is 9.47 Å². The van der Waals surface area contributed by atoms with Crippen molar-refractivity contribution >= 4 is 17.4 Å². The molecule has 1 atom stereocenters. The molecule has 3 aliphatic heterocycles. The fourth-order valence-corrected chi connectivity index (χ4v) is 4.63. The summed E-state index contributed by atoms with van der Waals surface area (Å²) in [5, 5.41) is 11.2. The van der Waals surface area contributed by atoms with Gasteiger partial charge in [-0.1, -0.05) is 6.07 Å². The summed E-state index contributed by atoms with van der Waals surface area (Å²) in [6.45, 7) is 5.17. The zero-order valence-electron chi connectivity index (χ0n) is 18.8. The molecule has 0 bridgehead atoms. The Kier molecular flexibility index (Phi) is 6.46. The number of carbonyl (C=O) groups excluding carboxylic acids is 2. The van der Waals surface area contributed by atoms with Crippen molar-refractivity contribution in [2.75, 3.05) is 52.6 Å². The Hall–Kier alpha value is -3.43. The van der Waals surface area contributed by atoms with Gasteiger partial charge in [-0.05, 0) is 36.2 Å². The molecule has 1 amide bonds. The van der Waals surface area contributed by atoms with Gasteiger partial charge in [-0.3, -0.25) is 19.5 Å². The molecule has 0 spiro atoms. The second-order valence-electron chi connectivity index (χ2n) is 8.44. The highest BCUT2D eigenvalue weighted by Gasteiger charge is 2.46. The van der Waals surface area contributed by atoms with E-state index in [9.17, 15) is 14.7 Å². The number of ketones is 1. The summed E-state index contributed by atoms with van der Waals surface area (Å²) in [5.74, 6) is -0.481. The molecule has 2 fully saturated rings. The van der Waals surface area contributed by atoms with E-state index in [1.54, 1.807) is 41.6 Å². The van der Waals surface area contributed by atoms with Crippen LogP contribution >= 0.6 is 0 Å². The molecule has 2 saturated heterocycles. The maximum atomic E-state index is 13.2. The minimum atomic E-state index is -0.716. The number of nitrogens with zero attached hydrogens (tertiary/aromatic N) is 3. The van der Waals surface area contributed by atoms with Crippen molar-refractivity contribution in [1.82, 2.24) is 14.8 Å². The number of fused-ring (bicyclic) bond motifs is 1. The van der Waals surface area contributed by atoms with E-state index in [1.807, 2.05) is 6.07 Å². The summed E-state index contributed by atoms with van der Waals surface area (Å²) in [5.41, 5.74) is 1.12. The molecule has 1 aromatic heterocycles. The first-order chi connectivity index (χ1) is 16.6. The molecule has 34 heavy (non-hydrogen) atoms. The predicted octanol–water partition coefficient (Wildman–Crippen LogP) is 2.00. The lowest BCUT2D eigenvalue weighted by Crippen LogP contribution is -2.39. The van der Waals surface area contributed by atoms with Gasteiger partial charge in [0.2, 0.25) is 0 Å². The number of aliphatic hydroxyl groups is 1. The Morgan fingerprint density at radius 1 is 1.03 bits per heavy atom. The summed E-state index contributed by atoms with van der Waals surface area (Å²) >= 11 is 0. The van der Waals surface area contributed by atoms with Gasteiger partial charge in [0.1, 0.15) is 19.0 Å². The molecule has 178 valence electrons. The Labute approximate surface area is 197 Å². The maximum absolute atomic E-state index is 13.2. The first kappa shape index (κ1) is 22.4. The quantitative estimate of drug-likeness (QED) is 0.393. The SMILES string of the molecule is O=C1C(=O)N(CCCN2CCOCC2)[C@H](c2cccnc2)C1=C(O)c1ccc2c(c1)OCCO2. The van der Waals surface area contributed by atoms with E-state index in [0.717, 1.165) is 19.6 Å². The van der Waals surface area contributed by atoms with Crippen LogP contribution in [-0.4, -0.2) is 84.2 Å². The van der Waals surface area contributed by atoms with Crippen molar-refractivity contribution in [3.63, 3.8) is 0 Å². The number of carbonyl (C=O) groups is 2. The van der Waals surface area contributed by atoms with Crippen LogP contribution in [0.4, 0.5) is 0 Å². The second kappa shape index (κ2) is 9.82. The van der Waals surface area contributed by atoms with Gasteiger partial charge in [0, 0.05) is 44.1 Å². The number of amides is 1. The molecule has 9 nitrogen and oxygen atoms in total. The van der Waals surface area contributed by atoms with Crippen molar-refractivity contribution in [3.8, 4) is 11.5 Å². The van der Waals surface area contributed by atoms with Gasteiger partial charge in [0.25, 0.3) is 11.7 Å². The maximum Gasteiger partial charge on any atom is 0.295 e. The molecule has 0 unspecified atom stereocenters. The van der Waals surface area contributed by atoms with Crippen LogP contribution in [-0.2, 0) is 14.3 Å². The van der Waals surface area contributed by atoms with Gasteiger partial charge >= 0.3 is 0 Å². The van der Waals surface area contributed by atoms with Crippen LogP contribution in [0.25, 0.3) is 5.76 Å². The van der Waals surface area contributed by atoms with Crippen LogP contribution in [0.15, 0.2) is 48.3 Å². The first-order valence-electron chi connectivity index (χ1n) is 11.5. The van der Waals surface area contributed by atoms with Crippen molar-refractivity contribution in [2.45, 2.75) is 12.5 Å². The Morgan fingerprint density at radius 2 is 1.82 bits per heavy atom. The standard InChI is InChI=1S/C25H27N3O6/c29-23(17-4-5-19-20(15-17)34-14-13-33-19)21-22(18-3-1-6-26-16-18)28(25(31)24(21)30)8-2-7-27-9-11-32-12-10-27/h1,3-6,15-16,22,29H,2,7-14H2/t22-/m1/s1. The lowest BCUT2D eigenvalue weighted by Gasteiger charge is -2.29. The summed E-state index contributed by atoms with van der Waals surface area (Å²) in [6.07, 6.45) is 3.96. The number of aliphatic hydroxyl groups excluding tert-OH is 1. The van der Waals surface area contributed by atoms with Crippen molar-refractivity contribution in [2.24, 2.45) is 0 Å². The van der Waals surface area contributed by atoms with Crippen LogP contribution in [0.5, 0.6) is 11.5 Å². The molecule has 1 aromatic carbocycles. The predicted molar refractivity (Wildman–Crippen MR) is 123 cm³/mol. The number of hydrogen-bond donors (Lipinski definition) is 1. The molecule has 4 heterocycles. The zero-order valence-corrected chi connectivity index (χ0v) is 18.8. The number of likely N-dealkylation sites (tertiary alicyclic amines) is 1. The molecule has 0 radical (unpaired) electrons. The Bertz CT molecular complexity index is 1100. The number of rotatable bonds is 6. The third kappa shape index (κ3) is 4.36. The van der Waals surface area contributed by atoms with E-state index >= 15 is 0 Å². The largest absolute Gasteiger partial charge is 0.507 e. The van der Waals surface area contributed by atoms with E-state index in [0.29, 0.717) is 62.0 Å². The van der Waals surface area contributed by atoms with E-state index in [-0.39, 0.29) is 11.3 Å². The minimum Gasteiger partial charge on any atom is -0.507 e. The highest BCUT2D eigenvalue weighted by Crippen LogP contribution is 2.40. The highest BCUT2D eigenvalue weighted by atomic mass is 16.6. The molecule has 3 aliphatic rings. The number of ether oxygens (including phenoxy) is 3. The first-order valence-corrected chi connectivity index (χ1v) is 11.5. The number of benzene rings is 1. The van der Waals surface area contributed by atoms with Crippen LogP contribution in [0.3, 0.4) is 0 Å². The molecule has 0 aliphatic carbocycles. The summed E-state index contributed by atoms with van der Waals surface area (Å²) in [4.78, 5) is 34.2. The van der Waals surface area contributed by atoms with E-state index in [1.165, 1.54) is 0 Å². The van der Waals surface area contributed by atoms with E-state index in [4.69, 9.17) is 14.2 Å². The molecular weight excluding hydrogens is 438 g/mol. The van der Waals surface area contributed by atoms with Gasteiger partial charge in [0.15, 0.2) is 11.5 Å². The summed E-state index contributed by atoms with van der Waals surface area (Å²) in [6, 6.07) is 7.85. The number of aromatic nitrogens is 1. The molecule has 2 aromatic rings. The third-order valence-electron chi connectivity index (χ3n) is 6.33. The second-order valence-corrected chi connectivity index (χ2v) is 8.44. The van der Waals surface area contributed by atoms with Crippen molar-refractivity contribution in [3.05, 3.63) is 59.4 Å². The van der Waals surface area contributed by atoms with Gasteiger partial charge in [-0.15, -0.1) is 0 Å². The van der Waals surface area contributed by atoms with Gasteiger partial charge in [0.05, 0.1) is 24.8 Å². The van der Waals surface area contributed by atoms with E-state index in [2.05, 4.69) is 9.88 Å². The molecule has 0 saturated carbocycles. The monoisotopic (exact) mass is 465 g/mol. The Morgan fingerprint density at radius 3 is 2.59 bits per heavy atom. The fourth-order valence-electron chi connectivity index (χ4n) is 4.63. The lowest BCUT2D eigenvalue weighted by molar-refractivity contribution is -0.140. The van der Waals surface area contributed by atoms with Crippen LogP contribution in [0, 0.1) is 0 Å². The average molecular weight is 466 g/mol. The minimum absolute atomic E-state index is 0.0565.